The minimum absolute atomic E-state index is 0.309. The van der Waals surface area contributed by atoms with Crippen LogP contribution in [0, 0.1) is 0 Å². The zero-order valence-electron chi connectivity index (χ0n) is 9.75. The zero-order chi connectivity index (χ0) is 11.6. The van der Waals surface area contributed by atoms with Crippen molar-refractivity contribution in [2.24, 2.45) is 0 Å². The van der Waals surface area contributed by atoms with Crippen molar-refractivity contribution < 1.29 is 14.3 Å². The summed E-state index contributed by atoms with van der Waals surface area (Å²) in [6, 6.07) is 0. The van der Waals surface area contributed by atoms with Crippen LogP contribution in [0.1, 0.15) is 34.6 Å². The highest BCUT2D eigenvalue weighted by molar-refractivity contribution is 5.73. The summed E-state index contributed by atoms with van der Waals surface area (Å²) in [4.78, 5) is 23.5. The summed E-state index contributed by atoms with van der Waals surface area (Å²) in [5, 5.41) is 0. The van der Waals surface area contributed by atoms with Crippen molar-refractivity contribution in [2.75, 3.05) is 7.05 Å². The van der Waals surface area contributed by atoms with Gasteiger partial charge < -0.3 is 9.64 Å². The molecule has 0 saturated heterocycles. The number of hydrogen-bond donors (Lipinski definition) is 0. The van der Waals surface area contributed by atoms with Crippen LogP contribution in [0.5, 0.6) is 0 Å². The van der Waals surface area contributed by atoms with Crippen molar-refractivity contribution in [1.29, 1.82) is 0 Å². The van der Waals surface area contributed by atoms with Crippen LogP contribution < -0.4 is 0 Å². The maximum absolute atomic E-state index is 11.5. The van der Waals surface area contributed by atoms with Gasteiger partial charge in [-0.3, -0.25) is 4.79 Å². The molecular weight excluding hydrogens is 182 g/mol. The van der Waals surface area contributed by atoms with Gasteiger partial charge in [-0.1, -0.05) is 0 Å². The lowest BCUT2D eigenvalue weighted by Crippen LogP contribution is -2.46. The fourth-order valence-electron chi connectivity index (χ4n) is 0.591. The Morgan fingerprint density at radius 1 is 1.21 bits per heavy atom. The highest BCUT2D eigenvalue weighted by Crippen LogP contribution is 2.15. The lowest BCUT2D eigenvalue weighted by atomic mass is 10.1. The van der Waals surface area contributed by atoms with Gasteiger partial charge in [0, 0.05) is 12.6 Å². The molecule has 0 rings (SSSR count). The predicted molar refractivity (Wildman–Crippen MR) is 54.1 cm³/mol. The van der Waals surface area contributed by atoms with E-state index < -0.39 is 11.7 Å². The lowest BCUT2D eigenvalue weighted by Gasteiger charge is -2.33. The van der Waals surface area contributed by atoms with E-state index in [2.05, 4.69) is 0 Å². The summed E-state index contributed by atoms with van der Waals surface area (Å²) in [5.74, 6) is 0. The molecule has 0 fully saturated rings. The summed E-state index contributed by atoms with van der Waals surface area (Å²) < 4.78 is 4.99. The van der Waals surface area contributed by atoms with Crippen LogP contribution in [0.25, 0.3) is 0 Å². The Bertz CT molecular complexity index is 228. The van der Waals surface area contributed by atoms with Crippen molar-refractivity contribution in [3.05, 3.63) is 0 Å². The van der Waals surface area contributed by atoms with Gasteiger partial charge in [0.25, 0.3) is 0 Å². The smallest absolute Gasteiger partial charge is 0.410 e. The predicted octanol–water partition coefficient (Wildman–Crippen LogP) is 1.83. The Hall–Kier alpha value is -1.06. The van der Waals surface area contributed by atoms with E-state index in [-0.39, 0.29) is 5.54 Å². The van der Waals surface area contributed by atoms with Crippen molar-refractivity contribution in [3.8, 4) is 0 Å². The van der Waals surface area contributed by atoms with Gasteiger partial charge in [0.1, 0.15) is 0 Å². The topological polar surface area (TPSA) is 46.6 Å². The van der Waals surface area contributed by atoms with Crippen molar-refractivity contribution >= 4 is 12.4 Å². The third-order valence-electron chi connectivity index (χ3n) is 1.91. The van der Waals surface area contributed by atoms with Crippen LogP contribution in [-0.2, 0) is 9.53 Å². The lowest BCUT2D eigenvalue weighted by molar-refractivity contribution is -0.122. The summed E-state index contributed by atoms with van der Waals surface area (Å²) in [7, 11) is 1.64. The average molecular weight is 201 g/mol. The number of hydrogen-bond acceptors (Lipinski definition) is 3. The molecule has 0 aromatic heterocycles. The maximum Gasteiger partial charge on any atom is 0.410 e. The number of amides is 1. The Balaban J connectivity index is 4.44. The Labute approximate surface area is 85.2 Å². The number of aldehydes is 1. The first-order chi connectivity index (χ1) is 6.10. The van der Waals surface area contributed by atoms with Crippen LogP contribution in [0.15, 0.2) is 0 Å². The molecule has 4 heteroatoms. The fourth-order valence-corrected chi connectivity index (χ4v) is 0.591. The molecule has 0 saturated carbocycles. The van der Waals surface area contributed by atoms with E-state index in [1.807, 2.05) is 20.8 Å². The molecule has 0 aliphatic carbocycles. The van der Waals surface area contributed by atoms with Crippen molar-refractivity contribution in [2.45, 2.75) is 45.8 Å². The van der Waals surface area contributed by atoms with Crippen LogP contribution >= 0.6 is 0 Å². The molecule has 0 aliphatic heterocycles. The van der Waals surface area contributed by atoms with Crippen LogP contribution in [0.2, 0.25) is 0 Å². The van der Waals surface area contributed by atoms with E-state index in [0.717, 1.165) is 0 Å². The standard InChI is InChI=1S/C10H19NO3/c1-9(2,3)11(6)8(13)14-10(4,5)7-12/h7H,1-6H3. The van der Waals surface area contributed by atoms with E-state index >= 15 is 0 Å². The molecule has 0 bridgehead atoms. The van der Waals surface area contributed by atoms with E-state index in [9.17, 15) is 9.59 Å². The summed E-state index contributed by atoms with van der Waals surface area (Å²) >= 11 is 0. The van der Waals surface area contributed by atoms with Crippen molar-refractivity contribution in [1.82, 2.24) is 4.90 Å². The van der Waals surface area contributed by atoms with Gasteiger partial charge in [0.05, 0.1) is 0 Å². The minimum atomic E-state index is -1.06. The van der Waals surface area contributed by atoms with Gasteiger partial charge in [-0.05, 0) is 34.6 Å². The largest absolute Gasteiger partial charge is 0.436 e. The first-order valence-electron chi connectivity index (χ1n) is 4.53. The van der Waals surface area contributed by atoms with Gasteiger partial charge in [-0.25, -0.2) is 4.79 Å². The molecule has 0 spiro atoms. The molecule has 14 heavy (non-hydrogen) atoms. The van der Waals surface area contributed by atoms with Gasteiger partial charge in [0.2, 0.25) is 0 Å². The van der Waals surface area contributed by atoms with Gasteiger partial charge in [-0.15, -0.1) is 0 Å². The Morgan fingerprint density at radius 2 is 1.64 bits per heavy atom. The van der Waals surface area contributed by atoms with Crippen LogP contribution in [-0.4, -0.2) is 35.5 Å². The monoisotopic (exact) mass is 201 g/mol. The SMILES string of the molecule is CN(C(=O)OC(C)(C)C=O)C(C)(C)C. The molecule has 0 atom stereocenters. The molecule has 0 radical (unpaired) electrons. The normalized spacial score (nSPS) is 12.1. The molecule has 0 aromatic rings. The number of rotatable bonds is 2. The van der Waals surface area contributed by atoms with E-state index in [0.29, 0.717) is 6.29 Å². The van der Waals surface area contributed by atoms with E-state index in [1.165, 1.54) is 4.90 Å². The second-order valence-corrected chi connectivity index (χ2v) is 4.82. The van der Waals surface area contributed by atoms with Gasteiger partial charge >= 0.3 is 6.09 Å². The summed E-state index contributed by atoms with van der Waals surface area (Å²) in [6.45, 7) is 8.77. The third-order valence-corrected chi connectivity index (χ3v) is 1.91. The quantitative estimate of drug-likeness (QED) is 0.640. The van der Waals surface area contributed by atoms with E-state index in [1.54, 1.807) is 20.9 Å². The van der Waals surface area contributed by atoms with Crippen LogP contribution in [0.4, 0.5) is 4.79 Å². The zero-order valence-corrected chi connectivity index (χ0v) is 9.75. The summed E-state index contributed by atoms with van der Waals surface area (Å²) in [5.41, 5.74) is -1.37. The Morgan fingerprint density at radius 3 is 1.93 bits per heavy atom. The van der Waals surface area contributed by atoms with Gasteiger partial charge in [-0.2, -0.15) is 0 Å². The summed E-state index contributed by atoms with van der Waals surface area (Å²) in [6.07, 6.45) is 0.121. The number of carbonyl (C=O) groups is 2. The highest BCUT2D eigenvalue weighted by Gasteiger charge is 2.29. The number of ether oxygens (including phenoxy) is 1. The molecule has 0 aliphatic rings. The second-order valence-electron chi connectivity index (χ2n) is 4.82. The number of nitrogens with zero attached hydrogens (tertiary/aromatic N) is 1. The van der Waals surface area contributed by atoms with Crippen molar-refractivity contribution in [3.63, 3.8) is 0 Å². The first kappa shape index (κ1) is 12.9. The molecule has 0 heterocycles. The van der Waals surface area contributed by atoms with Crippen LogP contribution in [0.3, 0.4) is 0 Å². The highest BCUT2D eigenvalue weighted by atomic mass is 16.6. The molecule has 4 nitrogen and oxygen atoms in total. The van der Waals surface area contributed by atoms with Gasteiger partial charge in [0.15, 0.2) is 11.9 Å². The van der Waals surface area contributed by atoms with E-state index in [4.69, 9.17) is 4.74 Å². The molecule has 0 unspecified atom stereocenters. The fraction of sp³-hybridized carbons (Fsp3) is 0.800. The third kappa shape index (κ3) is 3.77. The minimum Gasteiger partial charge on any atom is -0.436 e. The Kier molecular flexibility index (Phi) is 3.68. The molecule has 82 valence electrons. The molecule has 0 N–H and O–H groups in total. The average Bonchev–Trinajstić information content (AvgIpc) is 2.00. The molecule has 1 amide bonds. The second kappa shape index (κ2) is 3.98. The molecular formula is C10H19NO3. The number of carbonyl (C=O) groups excluding carboxylic acids is 2. The maximum atomic E-state index is 11.5. The molecule has 0 aromatic carbocycles. The first-order valence-corrected chi connectivity index (χ1v) is 4.53.